The van der Waals surface area contributed by atoms with Crippen LogP contribution in [-0.2, 0) is 12.4 Å². The lowest BCUT2D eigenvalue weighted by molar-refractivity contribution is -0.142. The molecule has 0 spiro atoms. The van der Waals surface area contributed by atoms with Crippen LogP contribution in [0.5, 0.6) is 0 Å². The van der Waals surface area contributed by atoms with E-state index in [0.29, 0.717) is 28.3 Å². The van der Waals surface area contributed by atoms with Gasteiger partial charge in [0.1, 0.15) is 17.2 Å². The van der Waals surface area contributed by atoms with Crippen LogP contribution in [0.4, 0.5) is 30.7 Å². The summed E-state index contributed by atoms with van der Waals surface area (Å²) in [7, 11) is 0. The third kappa shape index (κ3) is 3.99. The molecule has 0 aliphatic rings. The molecule has 0 atom stereocenters. The van der Waals surface area contributed by atoms with Gasteiger partial charge in [0.15, 0.2) is 0 Å². The Morgan fingerprint density at radius 1 is 0.742 bits per heavy atom. The molecule has 0 bridgehead atoms. The molecule has 1 N–H and O–H groups in total. The number of nitrogens with one attached hydrogen (secondary N) is 1. The minimum atomic E-state index is -5.01. The molecule has 2 nitrogen and oxygen atoms in total. The van der Waals surface area contributed by atoms with Crippen molar-refractivity contribution >= 4 is 11.0 Å². The summed E-state index contributed by atoms with van der Waals surface area (Å²) in [4.78, 5) is 6.44. The van der Waals surface area contributed by atoms with Gasteiger partial charge in [0.05, 0.1) is 16.6 Å². The Balaban J connectivity index is 1.78. The van der Waals surface area contributed by atoms with Crippen LogP contribution in [0, 0.1) is 12.7 Å². The number of halogens is 7. The van der Waals surface area contributed by atoms with Crippen LogP contribution in [0.25, 0.3) is 33.5 Å². The minimum absolute atomic E-state index is 0.0125. The van der Waals surface area contributed by atoms with Gasteiger partial charge in [0.25, 0.3) is 0 Å². The molecule has 4 rings (SSSR count). The first-order valence-electron chi connectivity index (χ1n) is 8.98. The first-order chi connectivity index (χ1) is 14.4. The molecule has 9 heteroatoms. The molecular weight excluding hydrogens is 425 g/mol. The smallest absolute Gasteiger partial charge is 0.338 e. The van der Waals surface area contributed by atoms with Gasteiger partial charge in [-0.3, -0.25) is 0 Å². The average Bonchev–Trinajstić information content (AvgIpc) is 3.12. The minimum Gasteiger partial charge on any atom is -0.338 e. The number of hydrogen-bond donors (Lipinski definition) is 1. The molecule has 160 valence electrons. The average molecular weight is 438 g/mol. The molecule has 4 aromatic rings. The fourth-order valence-electron chi connectivity index (χ4n) is 3.23. The van der Waals surface area contributed by atoms with Gasteiger partial charge >= 0.3 is 12.4 Å². The summed E-state index contributed by atoms with van der Waals surface area (Å²) >= 11 is 0. The molecule has 0 aliphatic carbocycles. The topological polar surface area (TPSA) is 28.7 Å². The predicted octanol–water partition coefficient (Wildman–Crippen LogP) is 7.38. The van der Waals surface area contributed by atoms with Gasteiger partial charge < -0.3 is 4.98 Å². The second kappa shape index (κ2) is 7.11. The van der Waals surface area contributed by atoms with Crippen LogP contribution in [-0.4, -0.2) is 9.97 Å². The first-order valence-corrected chi connectivity index (χ1v) is 8.98. The number of aromatic amines is 1. The van der Waals surface area contributed by atoms with Crippen molar-refractivity contribution in [2.45, 2.75) is 19.3 Å². The monoisotopic (exact) mass is 438 g/mol. The van der Waals surface area contributed by atoms with Gasteiger partial charge in [-0.15, -0.1) is 0 Å². The lowest BCUT2D eigenvalue weighted by atomic mass is 10.0. The van der Waals surface area contributed by atoms with Crippen molar-refractivity contribution in [2.75, 3.05) is 0 Å². The lowest BCUT2D eigenvalue weighted by Crippen LogP contribution is -2.11. The molecule has 0 radical (unpaired) electrons. The Kier molecular flexibility index (Phi) is 4.79. The highest BCUT2D eigenvalue weighted by molar-refractivity contribution is 5.84. The Morgan fingerprint density at radius 2 is 1.35 bits per heavy atom. The van der Waals surface area contributed by atoms with Crippen LogP contribution in [0.1, 0.15) is 16.7 Å². The fraction of sp³-hybridized carbons (Fsp3) is 0.136. The van der Waals surface area contributed by atoms with Crippen molar-refractivity contribution in [1.29, 1.82) is 0 Å². The van der Waals surface area contributed by atoms with Crippen molar-refractivity contribution in [3.05, 3.63) is 77.1 Å². The SMILES string of the molecule is Cc1ccc(-c2ccc(-c3nc4c(C(F)(F)F)cc(C(F)(F)F)cc4[nH]3)cc2)cc1F. The quantitative estimate of drug-likeness (QED) is 0.325. The molecule has 0 aliphatic heterocycles. The normalized spacial score (nSPS) is 12.5. The number of hydrogen-bond acceptors (Lipinski definition) is 1. The summed E-state index contributed by atoms with van der Waals surface area (Å²) < 4.78 is 93.0. The van der Waals surface area contributed by atoms with Gasteiger partial charge in [-0.25, -0.2) is 9.37 Å². The first kappa shape index (κ1) is 20.9. The fourth-order valence-corrected chi connectivity index (χ4v) is 3.23. The van der Waals surface area contributed by atoms with Gasteiger partial charge in [-0.05, 0) is 41.8 Å². The van der Waals surface area contributed by atoms with Crippen LogP contribution >= 0.6 is 0 Å². The van der Waals surface area contributed by atoms with E-state index in [0.717, 1.165) is 0 Å². The number of nitrogens with zero attached hydrogens (tertiary/aromatic N) is 1. The summed E-state index contributed by atoms with van der Waals surface area (Å²) in [6.45, 7) is 1.63. The molecule has 0 amide bonds. The maximum Gasteiger partial charge on any atom is 0.418 e. The zero-order valence-corrected chi connectivity index (χ0v) is 15.8. The number of aryl methyl sites for hydroxylation is 1. The highest BCUT2D eigenvalue weighted by Gasteiger charge is 2.39. The van der Waals surface area contributed by atoms with E-state index in [9.17, 15) is 30.7 Å². The van der Waals surface area contributed by atoms with E-state index < -0.39 is 29.0 Å². The Hall–Kier alpha value is -3.36. The van der Waals surface area contributed by atoms with Gasteiger partial charge in [-0.2, -0.15) is 26.3 Å². The summed E-state index contributed by atoms with van der Waals surface area (Å²) in [5.74, 6) is -0.388. The molecule has 0 unspecified atom stereocenters. The Morgan fingerprint density at radius 3 is 1.94 bits per heavy atom. The van der Waals surface area contributed by atoms with Gasteiger partial charge in [-0.1, -0.05) is 36.4 Å². The molecule has 0 saturated heterocycles. The molecule has 0 saturated carbocycles. The highest BCUT2D eigenvalue weighted by Crippen LogP contribution is 2.40. The lowest BCUT2D eigenvalue weighted by Gasteiger charge is -2.11. The van der Waals surface area contributed by atoms with Crippen LogP contribution in [0.2, 0.25) is 0 Å². The van der Waals surface area contributed by atoms with Crippen molar-refractivity contribution in [3.8, 4) is 22.5 Å². The second-order valence-corrected chi connectivity index (χ2v) is 7.04. The number of imidazole rings is 1. The second-order valence-electron chi connectivity index (χ2n) is 7.04. The number of H-pyrrole nitrogens is 1. The van der Waals surface area contributed by atoms with Crippen molar-refractivity contribution in [2.24, 2.45) is 0 Å². The van der Waals surface area contributed by atoms with E-state index in [2.05, 4.69) is 9.97 Å². The highest BCUT2D eigenvalue weighted by atomic mass is 19.4. The van der Waals surface area contributed by atoms with Gasteiger partial charge in [0.2, 0.25) is 0 Å². The summed E-state index contributed by atoms with van der Waals surface area (Å²) in [6, 6.07) is 11.7. The Labute approximate surface area is 171 Å². The zero-order chi connectivity index (χ0) is 22.6. The predicted molar refractivity (Wildman–Crippen MR) is 102 cm³/mol. The summed E-state index contributed by atoms with van der Waals surface area (Å²) in [6.07, 6.45) is -9.95. The number of benzene rings is 3. The zero-order valence-electron chi connectivity index (χ0n) is 15.8. The molecule has 31 heavy (non-hydrogen) atoms. The van der Waals surface area contributed by atoms with Crippen LogP contribution < -0.4 is 0 Å². The molecule has 1 heterocycles. The van der Waals surface area contributed by atoms with E-state index >= 15 is 0 Å². The third-order valence-corrected chi connectivity index (χ3v) is 4.88. The van der Waals surface area contributed by atoms with Crippen molar-refractivity contribution in [1.82, 2.24) is 9.97 Å². The van der Waals surface area contributed by atoms with E-state index in [-0.39, 0.29) is 23.2 Å². The number of alkyl halides is 6. The standard InChI is InChI=1S/C22H13F7N2/c1-11-2-3-14(8-17(11)23)12-4-6-13(7-5-12)20-30-18-10-15(21(24,25)26)9-16(19(18)31-20)22(27,28)29/h2-10H,1H3,(H,30,31). The number of fused-ring (bicyclic) bond motifs is 1. The Bertz CT molecular complexity index is 1270. The van der Waals surface area contributed by atoms with E-state index in [1.807, 2.05) is 0 Å². The summed E-state index contributed by atoms with van der Waals surface area (Å²) in [5, 5.41) is 0. The molecule has 1 aromatic heterocycles. The van der Waals surface area contributed by atoms with E-state index in [1.54, 1.807) is 43.3 Å². The third-order valence-electron chi connectivity index (χ3n) is 4.88. The molecule has 0 fully saturated rings. The van der Waals surface area contributed by atoms with E-state index in [1.165, 1.54) is 6.07 Å². The number of aromatic nitrogens is 2. The van der Waals surface area contributed by atoms with Crippen LogP contribution in [0.3, 0.4) is 0 Å². The maximum absolute atomic E-state index is 13.8. The summed E-state index contributed by atoms with van der Waals surface area (Å²) in [5.41, 5.74) is -1.73. The van der Waals surface area contributed by atoms with E-state index in [4.69, 9.17) is 0 Å². The maximum atomic E-state index is 13.8. The van der Waals surface area contributed by atoms with Crippen LogP contribution in [0.15, 0.2) is 54.6 Å². The van der Waals surface area contributed by atoms with Crippen molar-refractivity contribution in [3.63, 3.8) is 0 Å². The number of rotatable bonds is 2. The van der Waals surface area contributed by atoms with Crippen molar-refractivity contribution < 1.29 is 30.7 Å². The molecular formula is C22H13F7N2. The molecule has 3 aromatic carbocycles. The van der Waals surface area contributed by atoms with Gasteiger partial charge in [0, 0.05) is 5.56 Å². The largest absolute Gasteiger partial charge is 0.418 e.